The summed E-state index contributed by atoms with van der Waals surface area (Å²) in [6, 6.07) is -1.60. The number of nitrogens with one attached hydrogen (secondary N) is 1. The van der Waals surface area contributed by atoms with E-state index in [0.717, 1.165) is 6.92 Å². The van der Waals surface area contributed by atoms with E-state index < -0.39 is 148 Å². The van der Waals surface area contributed by atoms with Crippen LogP contribution in [0.3, 0.4) is 0 Å². The molecule has 21 heteroatoms. The van der Waals surface area contributed by atoms with Crippen molar-refractivity contribution in [1.82, 2.24) is 5.32 Å². The van der Waals surface area contributed by atoms with E-state index in [1.54, 1.807) is 0 Å². The molecule has 4 aliphatic heterocycles. The molecule has 0 unspecified atom stereocenters. The summed E-state index contributed by atoms with van der Waals surface area (Å²) in [6.07, 6.45) is -32.7. The van der Waals surface area contributed by atoms with E-state index in [9.17, 15) is 66.1 Å². The van der Waals surface area contributed by atoms with Crippen LogP contribution in [0.25, 0.3) is 0 Å². The minimum absolute atomic E-state index is 0.759. The average Bonchev–Trinajstić information content (AvgIpc) is 3.04. The lowest BCUT2D eigenvalue weighted by Gasteiger charge is -2.51. The molecular formula is C26H45NO20. The van der Waals surface area contributed by atoms with Crippen molar-refractivity contribution in [2.75, 3.05) is 19.8 Å². The second kappa shape index (κ2) is 16.2. The van der Waals surface area contributed by atoms with Gasteiger partial charge in [-0.25, -0.2) is 0 Å². The van der Waals surface area contributed by atoms with E-state index in [1.807, 2.05) is 0 Å². The largest absolute Gasteiger partial charge is 0.394 e. The Labute approximate surface area is 267 Å². The molecule has 4 fully saturated rings. The van der Waals surface area contributed by atoms with Crippen LogP contribution in [0.15, 0.2) is 0 Å². The highest BCUT2D eigenvalue weighted by atomic mass is 16.8. The second-order valence-corrected chi connectivity index (χ2v) is 11.9. The Bertz CT molecular complexity index is 1010. The van der Waals surface area contributed by atoms with Gasteiger partial charge in [0, 0.05) is 6.92 Å². The van der Waals surface area contributed by atoms with Crippen LogP contribution >= 0.6 is 0 Å². The van der Waals surface area contributed by atoms with Crippen molar-refractivity contribution in [3.63, 3.8) is 0 Å². The Morgan fingerprint density at radius 2 is 1.04 bits per heavy atom. The molecule has 4 saturated heterocycles. The zero-order valence-corrected chi connectivity index (χ0v) is 25.3. The number of aliphatic hydroxyl groups is 12. The quantitative estimate of drug-likeness (QED) is 0.101. The molecule has 20 atom stereocenters. The average molecular weight is 692 g/mol. The summed E-state index contributed by atoms with van der Waals surface area (Å²) in [5.41, 5.74) is 0. The fourth-order valence-corrected chi connectivity index (χ4v) is 5.88. The first-order valence-electron chi connectivity index (χ1n) is 15.0. The standard InChI is InChI=1S/C26H45NO20/c1-6-12(32)15(35)17(37)25(41-6)46-21-11(27-7(2)31)24(47-22-14(34)9(4-29)42-23(40)19(22)39)44-10(5-30)20(21)45-26-18(38)16(36)13(33)8(3-28)43-26/h6,8-26,28-30,32-40H,3-5H2,1-2H3,(H,27,31)/t6-,8+,9+,10+,11+,12+,13-,14-,15+,16-,17-,18+,19+,20+,21+,22-,23+,24+,25-,26-/m0/s1. The van der Waals surface area contributed by atoms with Gasteiger partial charge in [0.25, 0.3) is 0 Å². The van der Waals surface area contributed by atoms with E-state index in [-0.39, 0.29) is 0 Å². The lowest BCUT2D eigenvalue weighted by atomic mass is 9.93. The molecule has 0 bridgehead atoms. The zero-order valence-electron chi connectivity index (χ0n) is 25.3. The summed E-state index contributed by atoms with van der Waals surface area (Å²) < 4.78 is 39.5. The number of aliphatic hydroxyl groups excluding tert-OH is 12. The Hall–Kier alpha value is -1.29. The molecule has 0 saturated carbocycles. The molecule has 0 aliphatic carbocycles. The van der Waals surface area contributed by atoms with Crippen LogP contribution in [0, 0.1) is 0 Å². The van der Waals surface area contributed by atoms with Gasteiger partial charge in [0.2, 0.25) is 5.91 Å². The van der Waals surface area contributed by atoms with Gasteiger partial charge in [-0.3, -0.25) is 4.79 Å². The van der Waals surface area contributed by atoms with Crippen molar-refractivity contribution in [2.24, 2.45) is 0 Å². The first-order chi connectivity index (χ1) is 22.1. The van der Waals surface area contributed by atoms with E-state index >= 15 is 0 Å². The Morgan fingerprint density at radius 1 is 0.553 bits per heavy atom. The summed E-state index contributed by atoms with van der Waals surface area (Å²) in [6.45, 7) is -0.142. The van der Waals surface area contributed by atoms with Gasteiger partial charge in [0.05, 0.1) is 25.9 Å². The molecule has 0 aromatic heterocycles. The van der Waals surface area contributed by atoms with Crippen molar-refractivity contribution < 1.29 is 99.2 Å². The highest BCUT2D eigenvalue weighted by Gasteiger charge is 2.56. The lowest BCUT2D eigenvalue weighted by molar-refractivity contribution is -0.384. The van der Waals surface area contributed by atoms with Gasteiger partial charge in [-0.2, -0.15) is 0 Å². The fraction of sp³-hybridized carbons (Fsp3) is 0.962. The smallest absolute Gasteiger partial charge is 0.217 e. The summed E-state index contributed by atoms with van der Waals surface area (Å²) in [7, 11) is 0. The Balaban J connectivity index is 1.73. The van der Waals surface area contributed by atoms with Crippen LogP contribution in [0.1, 0.15) is 13.8 Å². The van der Waals surface area contributed by atoms with Crippen LogP contribution in [0.5, 0.6) is 0 Å². The third-order valence-electron chi connectivity index (χ3n) is 8.57. The van der Waals surface area contributed by atoms with Crippen molar-refractivity contribution in [1.29, 1.82) is 0 Å². The molecule has 0 radical (unpaired) electrons. The van der Waals surface area contributed by atoms with Crippen LogP contribution in [-0.4, -0.2) is 210 Å². The number of carbonyl (C=O) groups is 1. The summed E-state index contributed by atoms with van der Waals surface area (Å²) in [5.74, 6) is -0.759. The molecule has 4 rings (SSSR count). The van der Waals surface area contributed by atoms with Crippen LogP contribution in [-0.2, 0) is 38.0 Å². The molecule has 13 N–H and O–H groups in total. The van der Waals surface area contributed by atoms with Crippen LogP contribution in [0.2, 0.25) is 0 Å². The number of hydrogen-bond acceptors (Lipinski definition) is 20. The first kappa shape index (κ1) is 38.5. The molecule has 21 nitrogen and oxygen atoms in total. The third-order valence-corrected chi connectivity index (χ3v) is 8.57. The molecule has 47 heavy (non-hydrogen) atoms. The number of carbonyl (C=O) groups excluding carboxylic acids is 1. The molecule has 0 aromatic rings. The Morgan fingerprint density at radius 3 is 1.62 bits per heavy atom. The van der Waals surface area contributed by atoms with Gasteiger partial charge < -0.3 is 99.8 Å². The van der Waals surface area contributed by atoms with Crippen LogP contribution < -0.4 is 5.32 Å². The predicted octanol–water partition coefficient (Wildman–Crippen LogP) is -8.58. The number of amides is 1. The molecule has 274 valence electrons. The van der Waals surface area contributed by atoms with Gasteiger partial charge >= 0.3 is 0 Å². The van der Waals surface area contributed by atoms with E-state index in [0.29, 0.717) is 0 Å². The number of rotatable bonds is 10. The maximum absolute atomic E-state index is 12.5. The molecule has 0 spiro atoms. The van der Waals surface area contributed by atoms with Crippen molar-refractivity contribution >= 4 is 5.91 Å². The van der Waals surface area contributed by atoms with Crippen molar-refractivity contribution in [2.45, 2.75) is 137 Å². The van der Waals surface area contributed by atoms with E-state index in [1.165, 1.54) is 6.92 Å². The highest BCUT2D eigenvalue weighted by Crippen LogP contribution is 2.35. The molecule has 4 aliphatic rings. The topological polar surface area (TPSA) is 336 Å². The second-order valence-electron chi connectivity index (χ2n) is 11.9. The van der Waals surface area contributed by atoms with Gasteiger partial charge in [-0.1, -0.05) is 0 Å². The maximum Gasteiger partial charge on any atom is 0.217 e. The number of ether oxygens (including phenoxy) is 7. The first-order valence-corrected chi connectivity index (χ1v) is 15.0. The van der Waals surface area contributed by atoms with E-state index in [4.69, 9.17) is 33.2 Å². The monoisotopic (exact) mass is 691 g/mol. The summed E-state index contributed by atoms with van der Waals surface area (Å²) in [5, 5.41) is 126. The Kier molecular flexibility index (Phi) is 13.2. The molecule has 4 heterocycles. The van der Waals surface area contributed by atoms with Gasteiger partial charge in [-0.15, -0.1) is 0 Å². The number of hydrogen-bond donors (Lipinski definition) is 13. The maximum atomic E-state index is 12.5. The lowest BCUT2D eigenvalue weighted by Crippen LogP contribution is -2.71. The highest BCUT2D eigenvalue weighted by molar-refractivity contribution is 5.73. The van der Waals surface area contributed by atoms with Gasteiger partial charge in [0.15, 0.2) is 25.2 Å². The van der Waals surface area contributed by atoms with Crippen molar-refractivity contribution in [3.05, 3.63) is 0 Å². The van der Waals surface area contributed by atoms with Crippen LogP contribution in [0.4, 0.5) is 0 Å². The van der Waals surface area contributed by atoms with Gasteiger partial charge in [-0.05, 0) is 6.92 Å². The minimum atomic E-state index is -1.96. The van der Waals surface area contributed by atoms with Crippen molar-refractivity contribution in [3.8, 4) is 0 Å². The summed E-state index contributed by atoms with van der Waals surface area (Å²) in [4.78, 5) is 12.5. The molecule has 1 amide bonds. The normalized spacial score (nSPS) is 51.0. The minimum Gasteiger partial charge on any atom is -0.394 e. The fourth-order valence-electron chi connectivity index (χ4n) is 5.88. The molecular weight excluding hydrogens is 646 g/mol. The molecule has 0 aromatic carbocycles. The SMILES string of the molecule is CC(=O)N[C@H]1[C@@H](O[C@@H]2[C@@H](O)[C@H](O)O[C@H](CO)[C@@H]2O)O[C@H](CO)[C@@H](O[C@@H]2O[C@H](CO)[C@H](O)[C@H](O)[C@H]2O)[C@@H]1O[C@@H]1O[C@@H](C)[C@@H](O)[C@@H](O)[C@@H]1O. The predicted molar refractivity (Wildman–Crippen MR) is 144 cm³/mol. The third kappa shape index (κ3) is 8.04. The van der Waals surface area contributed by atoms with Gasteiger partial charge in [0.1, 0.15) is 91.5 Å². The van der Waals surface area contributed by atoms with E-state index in [2.05, 4.69) is 5.32 Å². The summed E-state index contributed by atoms with van der Waals surface area (Å²) >= 11 is 0. The zero-order chi connectivity index (χ0) is 34.9.